The number of hydrogen-bond acceptors (Lipinski definition) is 20. The minimum Gasteiger partial charge on any atom is -0.487 e. The molecule has 0 fully saturated rings. The van der Waals surface area contributed by atoms with Crippen molar-refractivity contribution < 1.29 is 68.7 Å². The number of Topliss-reactive ketones (excluding diaryl/α,β-unsaturated/α-hetero) is 1. The van der Waals surface area contributed by atoms with Gasteiger partial charge in [0.2, 0.25) is 5.91 Å². The molecule has 0 aliphatic heterocycles. The Bertz CT molecular complexity index is 5360. The quantitative estimate of drug-likeness (QED) is 0.0144. The first-order valence-corrected chi connectivity index (χ1v) is 37.2. The first-order valence-electron chi connectivity index (χ1n) is 34.2. The van der Waals surface area contributed by atoms with E-state index in [1.165, 1.54) is 0 Å². The van der Waals surface area contributed by atoms with Gasteiger partial charge in [-0.25, -0.2) is 26.3 Å². The van der Waals surface area contributed by atoms with E-state index in [4.69, 9.17) is 142 Å². The van der Waals surface area contributed by atoms with E-state index >= 15 is 0 Å². The number of alkyl halides is 1. The molecule has 0 radical (unpaired) electrons. The number of ketones is 1. The molecule has 13 rings (SSSR count). The number of aliphatic carboxylic acids is 1. The van der Waals surface area contributed by atoms with Crippen molar-refractivity contribution in [2.75, 3.05) is 35.7 Å². The number of aromatic nitrogens is 6. The number of fused-ring (bicyclic) bond motifs is 3. The number of nitriles is 1. The number of hydrogen-bond donors (Lipinski definition) is 11. The van der Waals surface area contributed by atoms with E-state index in [0.29, 0.717) is 154 Å². The maximum Gasteiger partial charge on any atom is 0.329 e. The maximum atomic E-state index is 11.3. The molecule has 0 unspecified atom stereocenters. The van der Waals surface area contributed by atoms with Crippen molar-refractivity contribution >= 4 is 142 Å². The number of anilines is 3. The van der Waals surface area contributed by atoms with Crippen LogP contribution in [0.25, 0.3) is 37.9 Å². The number of primary amides is 1. The van der Waals surface area contributed by atoms with Gasteiger partial charge in [0, 0.05) is 42.4 Å². The summed E-state index contributed by atoms with van der Waals surface area (Å²) < 4.78 is 31.7. The Morgan fingerprint density at radius 2 is 0.825 bits per heavy atom. The van der Waals surface area contributed by atoms with E-state index < -0.39 is 25.1 Å². The number of aliphatic hydroxyl groups excluding tert-OH is 5. The molecule has 13 aromatic rings. The van der Waals surface area contributed by atoms with Crippen molar-refractivity contribution in [2.45, 2.75) is 72.5 Å². The minimum absolute atomic E-state index is 0.0566. The Balaban J connectivity index is 0.000000193. The summed E-state index contributed by atoms with van der Waals surface area (Å²) in [6, 6.07) is 67.5. The second kappa shape index (κ2) is 47.0. The number of ether oxygens (including phenoxy) is 5. The van der Waals surface area contributed by atoms with E-state index in [-0.39, 0.29) is 45.2 Å². The molecule has 10 aromatic carbocycles. The summed E-state index contributed by atoms with van der Waals surface area (Å²) in [5.74, 6) is 1.88. The first kappa shape index (κ1) is 89.5. The normalized spacial score (nSPS) is 10.3. The predicted molar refractivity (Wildman–Crippen MR) is 444 cm³/mol. The molecule has 114 heavy (non-hydrogen) atoms. The number of carboxylic acid groups (broad SMARTS) is 1. The van der Waals surface area contributed by atoms with Crippen LogP contribution in [0.15, 0.2) is 212 Å². The fraction of sp³-hybridized carbons (Fsp3) is 0.171. The molecular weight excluding hydrogens is 1630 g/mol. The van der Waals surface area contributed by atoms with Gasteiger partial charge < -0.3 is 86.8 Å². The summed E-state index contributed by atoms with van der Waals surface area (Å²) in [5, 5.41) is 61.9. The van der Waals surface area contributed by atoms with Gasteiger partial charge in [-0.15, -0.1) is 0 Å². The van der Waals surface area contributed by atoms with Crippen molar-refractivity contribution in [2.24, 2.45) is 5.73 Å². The van der Waals surface area contributed by atoms with Gasteiger partial charge in [0.25, 0.3) is 6.67 Å². The number of nitrogens with one attached hydrogen (secondary N) is 1. The van der Waals surface area contributed by atoms with Crippen LogP contribution in [-0.2, 0) is 86.9 Å². The average Bonchev–Trinajstić information content (AvgIpc) is 1.65. The number of aromatic amines is 1. The molecule has 0 aliphatic rings. The molecule has 1 amide bonds. The van der Waals surface area contributed by atoms with Crippen LogP contribution in [-0.4, -0.2) is 95.9 Å². The highest BCUT2D eigenvalue weighted by Crippen LogP contribution is 2.36. The lowest BCUT2D eigenvalue weighted by molar-refractivity contribution is -0.140. The van der Waals surface area contributed by atoms with E-state index in [1.807, 2.05) is 158 Å². The third-order valence-electron chi connectivity index (χ3n) is 15.6. The van der Waals surface area contributed by atoms with Crippen LogP contribution in [0, 0.1) is 17.9 Å². The largest absolute Gasteiger partial charge is 0.487 e. The number of halogens is 6. The first-order chi connectivity index (χ1) is 55.0. The lowest BCUT2D eigenvalue weighted by atomic mass is 10.1. The van der Waals surface area contributed by atoms with E-state index in [2.05, 4.69) is 40.7 Å². The number of benzene rings is 10. The minimum atomic E-state index is -1.19. The summed E-state index contributed by atoms with van der Waals surface area (Å²) in [6.45, 7) is 7.13. The Kier molecular flexibility index (Phi) is 36.9. The van der Waals surface area contributed by atoms with Gasteiger partial charge in [-0.3, -0.25) is 19.0 Å². The van der Waals surface area contributed by atoms with Crippen LogP contribution in [0.5, 0.6) is 28.7 Å². The highest BCUT2D eigenvalue weighted by Gasteiger charge is 2.19. The molecule has 0 saturated heterocycles. The molecule has 32 heteroatoms. The third kappa shape index (κ3) is 28.2. The number of imidazole rings is 3. The molecule has 592 valence electrons. The Morgan fingerprint density at radius 3 is 1.18 bits per heavy atom. The van der Waals surface area contributed by atoms with Crippen molar-refractivity contribution in [1.29, 1.82) is 5.26 Å². The van der Waals surface area contributed by atoms with Crippen LogP contribution in [0.2, 0.25) is 25.1 Å². The number of carbonyl (C=O) groups is 3. The van der Waals surface area contributed by atoms with Crippen molar-refractivity contribution in [3.8, 4) is 34.8 Å². The second-order valence-electron chi connectivity index (χ2n) is 23.8. The fourth-order valence-corrected chi connectivity index (χ4v) is 11.3. The summed E-state index contributed by atoms with van der Waals surface area (Å²) in [5.41, 5.74) is 33.7. The Hall–Kier alpha value is -11.7. The zero-order valence-corrected chi connectivity index (χ0v) is 66.1. The molecule has 0 saturated carbocycles. The number of aliphatic hydroxyl groups is 5. The lowest BCUT2D eigenvalue weighted by Gasteiger charge is -2.12. The number of carbonyl (C=O) groups excluding carboxylic acids is 2. The van der Waals surface area contributed by atoms with Crippen molar-refractivity contribution in [3.63, 3.8) is 0 Å². The van der Waals surface area contributed by atoms with Crippen LogP contribution >= 0.6 is 73.9 Å². The van der Waals surface area contributed by atoms with E-state index in [0.717, 1.165) is 38.9 Å². The van der Waals surface area contributed by atoms with Crippen LogP contribution in [0.1, 0.15) is 50.9 Å². The summed E-state index contributed by atoms with van der Waals surface area (Å²) in [7, 11) is 0. The number of nitrogens with zero attached hydrogens (tertiary/aromatic N) is 7. The van der Waals surface area contributed by atoms with Crippen LogP contribution in [0.3, 0.4) is 0 Å². The zero-order chi connectivity index (χ0) is 82.5. The van der Waals surface area contributed by atoms with Crippen molar-refractivity contribution in [3.05, 3.63) is 300 Å². The van der Waals surface area contributed by atoms with Gasteiger partial charge in [-0.1, -0.05) is 226 Å². The van der Waals surface area contributed by atoms with E-state index in [1.54, 1.807) is 69.8 Å². The molecule has 0 atom stereocenters. The topological polar surface area (TPSA) is 415 Å². The molecule has 0 bridgehead atoms. The standard InChI is InChI=1S/C17H16ClN3O3.C17H14ClN3O2.C16H16ClNO3.C15H13ClN2O2.C13H13ClN2O.C2H2BrN.C2H4O3/c18-12-6-14-13(20-17(9-22)21(14)8-16(19)23)7-15(12)24-10-11-4-2-1-3-5-11;1-19-11-21-15-7-13(18)16(8-14(15)20-17(21)9-22)23-10-12-5-3-2-4-6-12;17-14-7-12(6-13(20)9-19)15(18)8-16(14)21-10-11-4-2-1-3-5-11;16-11-6-12-13(18-15(8-19)17-12)7-14(11)20-9-10-4-2-1-3-5-10;14-10-6-11(15)12(16)7-13(10)17-8-9-4-2-1-3-5-9;3-1-2-4;3-1-2(4)5/h1-7,22H,8-10H2,(H2,19,23);2-8,22H,9-11H2;1-5,7-8,19H,6,9-10,18H2;1-7,19H,8-9H2,(H,17,18);1-7H,8,15-16H2;1H2;3H,1H2,(H,4,5). The predicted octanol–water partition coefficient (Wildman–Crippen LogP) is 14.8. The number of carboxylic acids is 1. The number of nitrogens with two attached hydrogens (primary N) is 4. The van der Waals surface area contributed by atoms with Gasteiger partial charge in [0.1, 0.15) is 119 Å². The smallest absolute Gasteiger partial charge is 0.329 e. The molecule has 0 spiro atoms. The SMILES string of the molecule is N#CCBr.NC(=O)Cn1c(CO)nc2cc(OCc3ccccc3)c(Cl)cc21.Nc1cc(Cl)c(OCc2ccccc2)cc1N.Nc1cc(OCc2ccccc2)c(Cl)cc1CC(=O)CO.O=C(O)CO.OCc1nc2cc(OCc3ccccc3)c(Cl)cc2[nH]1.[C-]#[N+]Cn1c(CO)nc2cc(OCc3ccccc3)c(Cl)cc21. The summed E-state index contributed by atoms with van der Waals surface area (Å²) >= 11 is 33.8. The maximum absolute atomic E-state index is 11.3. The average molecular weight is 1710 g/mol. The molecule has 3 aromatic heterocycles. The highest BCUT2D eigenvalue weighted by atomic mass is 79.9. The number of amides is 1. The van der Waals surface area contributed by atoms with Crippen LogP contribution in [0.4, 0.5) is 17.1 Å². The van der Waals surface area contributed by atoms with Crippen molar-refractivity contribution in [1.82, 2.24) is 29.1 Å². The lowest BCUT2D eigenvalue weighted by Crippen LogP contribution is -2.20. The monoisotopic (exact) mass is 1710 g/mol. The van der Waals surface area contributed by atoms with Gasteiger partial charge in [-0.05, 0) is 63.7 Å². The number of nitrogen functional groups attached to an aromatic ring is 3. The number of H-pyrrole nitrogens is 1. The molecule has 15 N–H and O–H groups in total. The van der Waals surface area contributed by atoms with Gasteiger partial charge >= 0.3 is 5.97 Å². The second-order valence-corrected chi connectivity index (χ2v) is 26.4. The Labute approximate surface area is 688 Å². The zero-order valence-electron chi connectivity index (χ0n) is 60.8. The number of rotatable bonds is 25. The molecular formula is C82H78BrCl5N12O14. The van der Waals surface area contributed by atoms with Crippen LogP contribution < -0.4 is 46.6 Å². The molecule has 26 nitrogen and oxygen atoms in total. The molecule has 3 heterocycles. The fourth-order valence-electron chi connectivity index (χ4n) is 10.1. The third-order valence-corrected chi connectivity index (χ3v) is 17.3. The van der Waals surface area contributed by atoms with Gasteiger partial charge in [0.15, 0.2) is 5.78 Å². The highest BCUT2D eigenvalue weighted by molar-refractivity contribution is 9.09. The van der Waals surface area contributed by atoms with Gasteiger partial charge in [0.05, 0.1) is 81.0 Å². The summed E-state index contributed by atoms with van der Waals surface area (Å²) in [4.78, 5) is 50.8. The molecule has 0 aliphatic carbocycles. The summed E-state index contributed by atoms with van der Waals surface area (Å²) in [6.07, 6.45) is 0.0566. The van der Waals surface area contributed by atoms with E-state index in [9.17, 15) is 19.8 Å². The Morgan fingerprint density at radius 1 is 0.482 bits per heavy atom. The van der Waals surface area contributed by atoms with Gasteiger partial charge in [-0.2, -0.15) is 5.26 Å².